The summed E-state index contributed by atoms with van der Waals surface area (Å²) in [6, 6.07) is 11.6. The highest BCUT2D eigenvalue weighted by Gasteiger charge is 2.31. The van der Waals surface area contributed by atoms with Gasteiger partial charge in [0.25, 0.3) is 11.4 Å². The monoisotopic (exact) mass is 500 g/mol. The van der Waals surface area contributed by atoms with Crippen molar-refractivity contribution in [3.63, 3.8) is 0 Å². The van der Waals surface area contributed by atoms with Gasteiger partial charge in [-0.3, -0.25) is 4.79 Å². The van der Waals surface area contributed by atoms with E-state index >= 15 is 0 Å². The van der Waals surface area contributed by atoms with Crippen molar-refractivity contribution in [2.24, 2.45) is 0 Å². The molecule has 1 aliphatic heterocycles. The molecule has 0 bridgehead atoms. The zero-order chi connectivity index (χ0) is 25.1. The van der Waals surface area contributed by atoms with Crippen LogP contribution in [0.5, 0.6) is 5.75 Å². The normalized spacial score (nSPS) is 14.1. The zero-order valence-corrected chi connectivity index (χ0v) is 18.7. The zero-order valence-electron chi connectivity index (χ0n) is 18.7. The number of nitrogens with zero attached hydrogens (tertiary/aromatic N) is 6. The van der Waals surface area contributed by atoms with E-state index in [4.69, 9.17) is 9.26 Å². The first-order valence-corrected chi connectivity index (χ1v) is 10.9. The number of morpholine rings is 1. The largest absolute Gasteiger partial charge is 0.573 e. The number of hydrogen-bond acceptors (Lipinski definition) is 9. The molecule has 0 atom stereocenters. The number of rotatable bonds is 6. The van der Waals surface area contributed by atoms with E-state index in [1.807, 2.05) is 12.1 Å². The second-order valence-electron chi connectivity index (χ2n) is 7.83. The third kappa shape index (κ3) is 5.51. The lowest BCUT2D eigenvalue weighted by Gasteiger charge is -2.28. The van der Waals surface area contributed by atoms with Gasteiger partial charge in [0, 0.05) is 30.9 Å². The van der Waals surface area contributed by atoms with E-state index in [9.17, 15) is 18.0 Å². The van der Waals surface area contributed by atoms with Gasteiger partial charge in [-0.1, -0.05) is 5.16 Å². The van der Waals surface area contributed by atoms with Crippen molar-refractivity contribution in [1.82, 2.24) is 24.9 Å². The van der Waals surface area contributed by atoms with E-state index in [-0.39, 0.29) is 35.3 Å². The second-order valence-corrected chi connectivity index (χ2v) is 7.83. The fourth-order valence-electron chi connectivity index (χ4n) is 3.62. The molecule has 1 fully saturated rings. The number of ether oxygens (including phenoxy) is 2. The number of anilines is 1. The van der Waals surface area contributed by atoms with Crippen LogP contribution in [0.2, 0.25) is 0 Å². The SMILES string of the molecule is O=c1ccc(-c2nc(-c3ccc(OC(F)(F)F)cc3)no2)nn1Cc1ccnc(N2CCOCC2)c1. The molecule has 10 nitrogen and oxygen atoms in total. The van der Waals surface area contributed by atoms with Crippen molar-refractivity contribution < 1.29 is 27.2 Å². The highest BCUT2D eigenvalue weighted by atomic mass is 19.4. The molecule has 4 aromatic rings. The van der Waals surface area contributed by atoms with Gasteiger partial charge in [-0.05, 0) is 48.0 Å². The van der Waals surface area contributed by atoms with Gasteiger partial charge >= 0.3 is 6.36 Å². The Balaban J connectivity index is 1.34. The minimum Gasteiger partial charge on any atom is -0.406 e. The maximum absolute atomic E-state index is 12.5. The molecule has 1 aromatic carbocycles. The molecule has 0 unspecified atom stereocenters. The van der Waals surface area contributed by atoms with E-state index in [0.29, 0.717) is 18.8 Å². The van der Waals surface area contributed by atoms with Crippen LogP contribution in [-0.2, 0) is 11.3 Å². The minimum atomic E-state index is -4.78. The molecule has 1 aliphatic rings. The predicted molar refractivity (Wildman–Crippen MR) is 120 cm³/mol. The Morgan fingerprint density at radius 3 is 2.56 bits per heavy atom. The van der Waals surface area contributed by atoms with Crippen molar-refractivity contribution in [3.05, 3.63) is 70.6 Å². The van der Waals surface area contributed by atoms with E-state index in [1.54, 1.807) is 6.20 Å². The van der Waals surface area contributed by atoms with Crippen LogP contribution in [0.3, 0.4) is 0 Å². The Morgan fingerprint density at radius 2 is 1.81 bits per heavy atom. The van der Waals surface area contributed by atoms with Crippen LogP contribution in [0.4, 0.5) is 19.0 Å². The molecule has 13 heteroatoms. The first kappa shape index (κ1) is 23.5. The number of alkyl halides is 3. The van der Waals surface area contributed by atoms with Crippen molar-refractivity contribution >= 4 is 5.82 Å². The van der Waals surface area contributed by atoms with Crippen LogP contribution in [0.15, 0.2) is 64.0 Å². The molecule has 0 N–H and O–H groups in total. The molecule has 0 spiro atoms. The lowest BCUT2D eigenvalue weighted by molar-refractivity contribution is -0.274. The van der Waals surface area contributed by atoms with Crippen LogP contribution in [-0.4, -0.2) is 57.6 Å². The smallest absolute Gasteiger partial charge is 0.406 e. The van der Waals surface area contributed by atoms with Crippen molar-refractivity contribution in [1.29, 1.82) is 0 Å². The van der Waals surface area contributed by atoms with Gasteiger partial charge in [-0.15, -0.1) is 13.2 Å². The van der Waals surface area contributed by atoms with Crippen LogP contribution in [0, 0.1) is 0 Å². The second kappa shape index (κ2) is 9.77. The van der Waals surface area contributed by atoms with Crippen LogP contribution in [0.25, 0.3) is 23.0 Å². The van der Waals surface area contributed by atoms with Gasteiger partial charge < -0.3 is 18.9 Å². The Bertz CT molecular complexity index is 1400. The Kier molecular flexibility index (Phi) is 6.38. The summed E-state index contributed by atoms with van der Waals surface area (Å²) >= 11 is 0. The highest BCUT2D eigenvalue weighted by Crippen LogP contribution is 2.26. The summed E-state index contributed by atoms with van der Waals surface area (Å²) in [6.45, 7) is 2.94. The molecule has 36 heavy (non-hydrogen) atoms. The molecule has 0 amide bonds. The van der Waals surface area contributed by atoms with Gasteiger partial charge in [0.05, 0.1) is 19.8 Å². The molecular weight excluding hydrogens is 481 g/mol. The van der Waals surface area contributed by atoms with Gasteiger partial charge in [0.1, 0.15) is 17.3 Å². The first-order chi connectivity index (χ1) is 17.3. The molecular formula is C23H19F3N6O4. The van der Waals surface area contributed by atoms with E-state index in [1.165, 1.54) is 28.9 Å². The summed E-state index contributed by atoms with van der Waals surface area (Å²) in [4.78, 5) is 23.2. The molecule has 3 aromatic heterocycles. The number of aromatic nitrogens is 5. The van der Waals surface area contributed by atoms with Crippen molar-refractivity contribution in [2.75, 3.05) is 31.2 Å². The molecule has 186 valence electrons. The average molecular weight is 500 g/mol. The van der Waals surface area contributed by atoms with Gasteiger partial charge in [0.15, 0.2) is 0 Å². The van der Waals surface area contributed by atoms with Gasteiger partial charge in [-0.2, -0.15) is 10.1 Å². The molecule has 1 saturated heterocycles. The van der Waals surface area contributed by atoms with E-state index < -0.39 is 6.36 Å². The fraction of sp³-hybridized carbons (Fsp3) is 0.261. The van der Waals surface area contributed by atoms with Gasteiger partial charge in [-0.25, -0.2) is 9.67 Å². The van der Waals surface area contributed by atoms with Gasteiger partial charge in [0.2, 0.25) is 5.82 Å². The molecule has 0 radical (unpaired) electrons. The lowest BCUT2D eigenvalue weighted by atomic mass is 10.2. The van der Waals surface area contributed by atoms with E-state index in [2.05, 4.69) is 29.9 Å². The van der Waals surface area contributed by atoms with Crippen LogP contribution in [0.1, 0.15) is 5.56 Å². The maximum atomic E-state index is 12.5. The fourth-order valence-corrected chi connectivity index (χ4v) is 3.62. The Hall–Kier alpha value is -4.26. The third-order valence-corrected chi connectivity index (χ3v) is 5.34. The number of hydrogen-bond donors (Lipinski definition) is 0. The Labute approximate surface area is 201 Å². The first-order valence-electron chi connectivity index (χ1n) is 10.9. The summed E-state index contributed by atoms with van der Waals surface area (Å²) in [5.74, 6) is 0.635. The summed E-state index contributed by atoms with van der Waals surface area (Å²) in [6.07, 6.45) is -3.10. The predicted octanol–water partition coefficient (Wildman–Crippen LogP) is 3.14. The molecule has 4 heterocycles. The maximum Gasteiger partial charge on any atom is 0.573 e. The summed E-state index contributed by atoms with van der Waals surface area (Å²) in [7, 11) is 0. The van der Waals surface area contributed by atoms with Crippen LogP contribution >= 0.6 is 0 Å². The number of pyridine rings is 1. The van der Waals surface area contributed by atoms with Crippen molar-refractivity contribution in [2.45, 2.75) is 12.9 Å². The quantitative estimate of drug-likeness (QED) is 0.395. The van der Waals surface area contributed by atoms with Crippen molar-refractivity contribution in [3.8, 4) is 28.7 Å². The summed E-state index contributed by atoms with van der Waals surface area (Å²) in [5, 5.41) is 8.22. The minimum absolute atomic E-state index is 0.0538. The lowest BCUT2D eigenvalue weighted by Crippen LogP contribution is -2.36. The molecule has 0 saturated carbocycles. The number of halogens is 3. The highest BCUT2D eigenvalue weighted by molar-refractivity contribution is 5.58. The van der Waals surface area contributed by atoms with E-state index in [0.717, 1.165) is 36.6 Å². The standard InChI is InChI=1S/C23H19F3N6O4/c24-23(25,26)35-17-3-1-16(2-4-17)21-28-22(36-30-21)18-5-6-20(33)32(29-18)14-15-7-8-27-19(13-15)31-9-11-34-12-10-31/h1-8,13H,9-12,14H2. The van der Waals surface area contributed by atoms with Crippen LogP contribution < -0.4 is 15.2 Å². The Morgan fingerprint density at radius 1 is 1.03 bits per heavy atom. The average Bonchev–Trinajstić information content (AvgIpc) is 3.36. The molecule has 5 rings (SSSR count). The summed E-state index contributed by atoms with van der Waals surface area (Å²) in [5.41, 5.74) is 1.21. The summed E-state index contributed by atoms with van der Waals surface area (Å²) < 4.78 is 52.9. The topological polar surface area (TPSA) is 108 Å². The third-order valence-electron chi connectivity index (χ3n) is 5.34. The number of benzene rings is 1. The molecule has 0 aliphatic carbocycles.